The molecule has 0 saturated carbocycles. The van der Waals surface area contributed by atoms with Gasteiger partial charge in [0.25, 0.3) is 0 Å². The van der Waals surface area contributed by atoms with Gasteiger partial charge in [-0.25, -0.2) is 0 Å². The van der Waals surface area contributed by atoms with Gasteiger partial charge in [-0.2, -0.15) is 5.26 Å². The van der Waals surface area contributed by atoms with Crippen LogP contribution in [0.3, 0.4) is 0 Å². The second-order valence-electron chi connectivity index (χ2n) is 5.90. The number of aryl methyl sites for hydroxylation is 1. The Balaban J connectivity index is 1.94. The van der Waals surface area contributed by atoms with Crippen LogP contribution in [-0.4, -0.2) is 25.2 Å². The van der Waals surface area contributed by atoms with E-state index in [-0.39, 0.29) is 5.54 Å². The van der Waals surface area contributed by atoms with Gasteiger partial charge in [0.15, 0.2) is 0 Å². The van der Waals surface area contributed by atoms with Gasteiger partial charge in [-0.1, -0.05) is 32.0 Å². The normalized spacial score (nSPS) is 16.9. The predicted octanol–water partition coefficient (Wildman–Crippen LogP) is 3.50. The minimum Gasteiger partial charge on any atom is -0.371 e. The number of rotatable bonds is 7. The first-order chi connectivity index (χ1) is 10.2. The van der Waals surface area contributed by atoms with Crippen molar-refractivity contribution < 1.29 is 0 Å². The Kier molecular flexibility index (Phi) is 5.64. The van der Waals surface area contributed by atoms with Crippen molar-refractivity contribution in [1.82, 2.24) is 5.32 Å². The van der Waals surface area contributed by atoms with Crippen LogP contribution >= 0.6 is 0 Å². The molecule has 1 aromatic carbocycles. The maximum atomic E-state index is 9.48. The lowest BCUT2D eigenvalue weighted by molar-refractivity contribution is 0.372. The highest BCUT2D eigenvalue weighted by atomic mass is 15.1. The van der Waals surface area contributed by atoms with E-state index in [9.17, 15) is 5.26 Å². The van der Waals surface area contributed by atoms with Crippen molar-refractivity contribution in [2.45, 2.75) is 51.5 Å². The molecule has 0 spiro atoms. The number of nitriles is 1. The number of benzene rings is 1. The first kappa shape index (κ1) is 15.9. The summed E-state index contributed by atoms with van der Waals surface area (Å²) in [5.41, 5.74) is 2.52. The molecule has 2 rings (SSSR count). The van der Waals surface area contributed by atoms with Gasteiger partial charge in [0, 0.05) is 18.8 Å². The molecule has 1 aromatic rings. The van der Waals surface area contributed by atoms with Gasteiger partial charge in [-0.3, -0.25) is 5.32 Å². The number of hydrogen-bond donors (Lipinski definition) is 1. The molecule has 3 nitrogen and oxygen atoms in total. The fourth-order valence-corrected chi connectivity index (χ4v) is 3.32. The first-order valence-corrected chi connectivity index (χ1v) is 8.24. The van der Waals surface area contributed by atoms with Gasteiger partial charge < -0.3 is 4.90 Å². The number of anilines is 1. The van der Waals surface area contributed by atoms with Crippen molar-refractivity contribution in [2.24, 2.45) is 0 Å². The van der Waals surface area contributed by atoms with Gasteiger partial charge in [0.2, 0.25) is 0 Å². The molecule has 0 aliphatic carbocycles. The van der Waals surface area contributed by atoms with Crippen LogP contribution in [0.25, 0.3) is 0 Å². The zero-order valence-corrected chi connectivity index (χ0v) is 13.4. The van der Waals surface area contributed by atoms with E-state index >= 15 is 0 Å². The quantitative estimate of drug-likeness (QED) is 0.833. The van der Waals surface area contributed by atoms with Gasteiger partial charge >= 0.3 is 0 Å². The monoisotopic (exact) mass is 285 g/mol. The van der Waals surface area contributed by atoms with Crippen molar-refractivity contribution in [3.05, 3.63) is 29.8 Å². The Morgan fingerprint density at radius 2 is 2.14 bits per heavy atom. The molecule has 1 heterocycles. The van der Waals surface area contributed by atoms with Crippen LogP contribution in [0, 0.1) is 11.3 Å². The third-order valence-electron chi connectivity index (χ3n) is 4.57. The Bertz CT molecular complexity index is 491. The van der Waals surface area contributed by atoms with Gasteiger partial charge in [0.05, 0.1) is 6.07 Å². The first-order valence-electron chi connectivity index (χ1n) is 8.24. The van der Waals surface area contributed by atoms with Crippen LogP contribution in [0.2, 0.25) is 0 Å². The molecule has 1 aliphatic rings. The number of nitrogens with one attached hydrogen (secondary N) is 1. The molecule has 114 valence electrons. The Labute approximate surface area is 129 Å². The Hall–Kier alpha value is -1.53. The summed E-state index contributed by atoms with van der Waals surface area (Å²) < 4.78 is 0. The maximum absolute atomic E-state index is 9.48. The molecule has 1 N–H and O–H groups in total. The smallest absolute Gasteiger partial charge is 0.106 e. The topological polar surface area (TPSA) is 39.1 Å². The average molecular weight is 285 g/mol. The second-order valence-corrected chi connectivity index (χ2v) is 5.90. The zero-order chi connectivity index (χ0) is 15.1. The molecule has 0 bridgehead atoms. The summed E-state index contributed by atoms with van der Waals surface area (Å²) in [6.07, 6.45) is 5.28. The van der Waals surface area contributed by atoms with Gasteiger partial charge in [0.1, 0.15) is 5.54 Å². The van der Waals surface area contributed by atoms with E-state index < -0.39 is 0 Å². The van der Waals surface area contributed by atoms with Crippen LogP contribution in [0.5, 0.6) is 0 Å². The van der Waals surface area contributed by atoms with E-state index in [4.69, 9.17) is 0 Å². The Morgan fingerprint density at radius 3 is 2.86 bits per heavy atom. The van der Waals surface area contributed by atoms with Crippen LogP contribution in [-0.2, 0) is 6.42 Å². The molecule has 21 heavy (non-hydrogen) atoms. The van der Waals surface area contributed by atoms with E-state index in [1.54, 1.807) is 0 Å². The van der Waals surface area contributed by atoms with E-state index in [1.807, 2.05) is 0 Å². The highest BCUT2D eigenvalue weighted by Crippen LogP contribution is 2.27. The summed E-state index contributed by atoms with van der Waals surface area (Å²) in [6, 6.07) is 11.2. The minimum absolute atomic E-state index is 0.343. The number of para-hydroxylation sites is 1. The number of fused-ring (bicyclic) bond motifs is 1. The molecule has 0 aromatic heterocycles. The molecule has 0 saturated heterocycles. The average Bonchev–Trinajstić information content (AvgIpc) is 2.54. The summed E-state index contributed by atoms with van der Waals surface area (Å²) in [4.78, 5) is 2.49. The second kappa shape index (κ2) is 7.47. The summed E-state index contributed by atoms with van der Waals surface area (Å²) in [5, 5.41) is 12.8. The third-order valence-corrected chi connectivity index (χ3v) is 4.57. The molecular formula is C18H27N3. The highest BCUT2D eigenvalue weighted by Gasteiger charge is 2.26. The standard InChI is InChI=1S/C18H27N3/c1-3-18(15-19,20-4-2)12-8-14-21-13-7-10-16-9-5-6-11-17(16)21/h5-6,9,11,20H,3-4,7-8,10,12-14H2,1-2H3. The van der Waals surface area contributed by atoms with Crippen molar-refractivity contribution in [3.8, 4) is 6.07 Å². The van der Waals surface area contributed by atoms with Crippen molar-refractivity contribution in [1.29, 1.82) is 5.26 Å². The summed E-state index contributed by atoms with van der Waals surface area (Å²) in [7, 11) is 0. The lowest BCUT2D eigenvalue weighted by atomic mass is 9.91. The molecule has 1 aliphatic heterocycles. The van der Waals surface area contributed by atoms with Crippen LogP contribution < -0.4 is 10.2 Å². The SMILES string of the molecule is CCNC(C#N)(CC)CCCN1CCCc2ccccc21. The van der Waals surface area contributed by atoms with Crippen molar-refractivity contribution in [3.63, 3.8) is 0 Å². The molecule has 0 amide bonds. The maximum Gasteiger partial charge on any atom is 0.106 e. The molecule has 1 atom stereocenters. The van der Waals surface area contributed by atoms with Crippen molar-refractivity contribution >= 4 is 5.69 Å². The highest BCUT2D eigenvalue weighted by molar-refractivity contribution is 5.55. The molecule has 0 radical (unpaired) electrons. The van der Waals surface area contributed by atoms with Crippen LogP contribution in [0.4, 0.5) is 5.69 Å². The fraction of sp³-hybridized carbons (Fsp3) is 0.611. The molecule has 0 fully saturated rings. The molecule has 1 unspecified atom stereocenters. The zero-order valence-electron chi connectivity index (χ0n) is 13.4. The van der Waals surface area contributed by atoms with Crippen LogP contribution in [0.15, 0.2) is 24.3 Å². The lowest BCUT2D eigenvalue weighted by Crippen LogP contribution is -2.44. The molecule has 3 heteroatoms. The van der Waals surface area contributed by atoms with E-state index in [2.05, 4.69) is 54.4 Å². The largest absolute Gasteiger partial charge is 0.371 e. The van der Waals surface area contributed by atoms with Gasteiger partial charge in [-0.15, -0.1) is 0 Å². The van der Waals surface area contributed by atoms with Gasteiger partial charge in [-0.05, 0) is 50.3 Å². The predicted molar refractivity (Wildman–Crippen MR) is 88.5 cm³/mol. The van der Waals surface area contributed by atoms with Crippen LogP contribution in [0.1, 0.15) is 45.1 Å². The Morgan fingerprint density at radius 1 is 1.33 bits per heavy atom. The van der Waals surface area contributed by atoms with E-state index in [0.29, 0.717) is 0 Å². The third kappa shape index (κ3) is 3.77. The fourth-order valence-electron chi connectivity index (χ4n) is 3.32. The minimum atomic E-state index is -0.343. The van der Waals surface area contributed by atoms with E-state index in [1.165, 1.54) is 24.1 Å². The summed E-state index contributed by atoms with van der Waals surface area (Å²) in [6.45, 7) is 7.22. The van der Waals surface area contributed by atoms with E-state index in [0.717, 1.165) is 38.9 Å². The molecular weight excluding hydrogens is 258 g/mol. The lowest BCUT2D eigenvalue weighted by Gasteiger charge is -2.33. The van der Waals surface area contributed by atoms with Crippen molar-refractivity contribution in [2.75, 3.05) is 24.5 Å². The number of hydrogen-bond acceptors (Lipinski definition) is 3. The summed E-state index contributed by atoms with van der Waals surface area (Å²) >= 11 is 0. The summed E-state index contributed by atoms with van der Waals surface area (Å²) in [5.74, 6) is 0. The number of nitrogens with zero attached hydrogens (tertiary/aromatic N) is 2.